The number of amides is 3. The number of anilines is 1. The lowest BCUT2D eigenvalue weighted by Crippen LogP contribution is -2.44. The first-order chi connectivity index (χ1) is 19.4. The number of carboxylic acid groups (broad SMARTS) is 1. The number of hydrogen-bond acceptors (Lipinski definition) is 5. The van der Waals surface area contributed by atoms with Gasteiger partial charge < -0.3 is 29.9 Å². The van der Waals surface area contributed by atoms with Crippen LogP contribution in [0.2, 0.25) is 0 Å². The number of halogens is 3. The average molecular weight is 577 g/mol. The number of carbonyl (C=O) groups excluding carboxylic acids is 2. The zero-order valence-electron chi connectivity index (χ0n) is 23.1. The van der Waals surface area contributed by atoms with E-state index in [0.717, 1.165) is 29.4 Å². The van der Waals surface area contributed by atoms with Crippen LogP contribution in [0.5, 0.6) is 5.75 Å². The van der Waals surface area contributed by atoms with Gasteiger partial charge in [-0.15, -0.1) is 0 Å². The maximum Gasteiger partial charge on any atom is 0.416 e. The van der Waals surface area contributed by atoms with Gasteiger partial charge in [0, 0.05) is 44.3 Å². The van der Waals surface area contributed by atoms with E-state index in [0.29, 0.717) is 30.4 Å². The quantitative estimate of drug-likeness (QED) is 0.403. The molecule has 4 rings (SSSR count). The number of benzene rings is 2. The van der Waals surface area contributed by atoms with E-state index in [4.69, 9.17) is 4.74 Å². The van der Waals surface area contributed by atoms with E-state index in [1.165, 1.54) is 23.1 Å². The van der Waals surface area contributed by atoms with Gasteiger partial charge in [-0.1, -0.05) is 30.3 Å². The minimum atomic E-state index is -4.61. The Kier molecular flexibility index (Phi) is 9.29. The van der Waals surface area contributed by atoms with Crippen molar-refractivity contribution in [1.82, 2.24) is 14.7 Å². The van der Waals surface area contributed by atoms with Crippen LogP contribution in [0.15, 0.2) is 42.5 Å². The van der Waals surface area contributed by atoms with Crippen LogP contribution in [0, 0.1) is 5.92 Å². The normalized spacial score (nSPS) is 15.2. The Bertz CT molecular complexity index is 1270. The minimum Gasteiger partial charge on any atom is -0.481 e. The molecule has 1 fully saturated rings. The molecule has 41 heavy (non-hydrogen) atoms. The Morgan fingerprint density at radius 3 is 2.51 bits per heavy atom. The van der Waals surface area contributed by atoms with Crippen molar-refractivity contribution in [2.75, 3.05) is 38.1 Å². The lowest BCUT2D eigenvalue weighted by molar-refractivity contribution is -0.139. The Balaban J connectivity index is 1.51. The molecule has 3 amide bonds. The highest BCUT2D eigenvalue weighted by Crippen LogP contribution is 2.35. The monoisotopic (exact) mass is 576 g/mol. The second-order valence-corrected chi connectivity index (χ2v) is 10.7. The zero-order valence-corrected chi connectivity index (χ0v) is 23.1. The lowest BCUT2D eigenvalue weighted by Gasteiger charge is -2.29. The molecule has 0 radical (unpaired) electrons. The van der Waals surface area contributed by atoms with E-state index < -0.39 is 23.7 Å². The first-order valence-electron chi connectivity index (χ1n) is 13.6. The van der Waals surface area contributed by atoms with Gasteiger partial charge in [0.15, 0.2) is 6.61 Å². The topological polar surface area (TPSA) is 102 Å². The number of rotatable bonds is 11. The van der Waals surface area contributed by atoms with E-state index in [2.05, 4.69) is 5.32 Å². The summed E-state index contributed by atoms with van der Waals surface area (Å²) in [4.78, 5) is 41.8. The third-order valence-corrected chi connectivity index (χ3v) is 7.27. The first-order valence-corrected chi connectivity index (χ1v) is 13.6. The van der Waals surface area contributed by atoms with Crippen LogP contribution in [0.3, 0.4) is 0 Å². The molecule has 2 aliphatic rings. The van der Waals surface area contributed by atoms with Gasteiger partial charge in [-0.2, -0.15) is 13.2 Å². The summed E-state index contributed by atoms with van der Waals surface area (Å²) >= 11 is 0. The minimum absolute atomic E-state index is 0.0737. The van der Waals surface area contributed by atoms with Gasteiger partial charge in [0.1, 0.15) is 5.75 Å². The van der Waals surface area contributed by atoms with Gasteiger partial charge in [0.05, 0.1) is 17.8 Å². The maximum absolute atomic E-state index is 13.7. The number of fused-ring (bicyclic) bond motifs is 1. The molecule has 1 aliphatic carbocycles. The average Bonchev–Trinajstić information content (AvgIpc) is 3.74. The van der Waals surface area contributed by atoms with Gasteiger partial charge in [-0.3, -0.25) is 9.59 Å². The summed E-state index contributed by atoms with van der Waals surface area (Å²) < 4.78 is 46.8. The maximum atomic E-state index is 13.7. The Hall–Kier alpha value is -3.96. The van der Waals surface area contributed by atoms with Crippen molar-refractivity contribution in [2.45, 2.75) is 52.0 Å². The van der Waals surface area contributed by atoms with Crippen LogP contribution >= 0.6 is 0 Å². The highest BCUT2D eigenvalue weighted by atomic mass is 19.4. The van der Waals surface area contributed by atoms with Crippen LogP contribution in [0.1, 0.15) is 43.4 Å². The number of ether oxygens (including phenoxy) is 1. The van der Waals surface area contributed by atoms with E-state index >= 15 is 0 Å². The molecule has 0 saturated heterocycles. The first kappa shape index (κ1) is 30.0. The van der Waals surface area contributed by atoms with Crippen LogP contribution in [0.25, 0.3) is 0 Å². The molecular weight excluding hydrogens is 541 g/mol. The highest BCUT2D eigenvalue weighted by molar-refractivity contribution is 5.83. The second kappa shape index (κ2) is 12.7. The molecule has 1 heterocycles. The predicted molar refractivity (Wildman–Crippen MR) is 145 cm³/mol. The molecule has 2 aromatic rings. The largest absolute Gasteiger partial charge is 0.481 e. The smallest absolute Gasteiger partial charge is 0.416 e. The number of alkyl halides is 3. The summed E-state index contributed by atoms with van der Waals surface area (Å²) in [5, 5.41) is 12.6. The van der Waals surface area contributed by atoms with Crippen LogP contribution in [-0.4, -0.2) is 76.5 Å². The molecule has 0 bridgehead atoms. The standard InChI is InChI=1S/C29H35F3N4O5/c1-19(2)36(28(39)40)13-12-34(16-21-6-3-4-8-23(21)29(30,31)32)25(37)14-33-24-9-5-7-22-17-35(15-20-10-11-20)26(38)18-41-27(22)24/h3-9,19-20,33H,10-18H2,1-2H3,(H,39,40). The SMILES string of the molecule is CC(C)N(CCN(Cc1ccccc1C(F)(F)F)C(=O)CNc1cccc2c1OCC(=O)N(CC1CC1)C2)C(=O)O. The Labute approximate surface area is 236 Å². The fraction of sp³-hybridized carbons (Fsp3) is 0.483. The van der Waals surface area contributed by atoms with Crippen LogP contribution < -0.4 is 10.1 Å². The van der Waals surface area contributed by atoms with E-state index in [9.17, 15) is 32.7 Å². The summed E-state index contributed by atoms with van der Waals surface area (Å²) in [6.45, 7) is 3.48. The highest BCUT2D eigenvalue weighted by Gasteiger charge is 2.34. The zero-order chi connectivity index (χ0) is 29.7. The van der Waals surface area contributed by atoms with Gasteiger partial charge in [0.2, 0.25) is 5.91 Å². The van der Waals surface area contributed by atoms with Gasteiger partial charge in [0.25, 0.3) is 5.91 Å². The Morgan fingerprint density at radius 2 is 1.85 bits per heavy atom. The summed E-state index contributed by atoms with van der Waals surface area (Å²) in [6, 6.07) is 9.97. The van der Waals surface area contributed by atoms with Crippen molar-refractivity contribution >= 4 is 23.6 Å². The molecule has 1 aliphatic heterocycles. The number of nitrogens with zero attached hydrogens (tertiary/aromatic N) is 3. The van der Waals surface area contributed by atoms with Crippen LogP contribution in [0.4, 0.5) is 23.7 Å². The molecule has 12 heteroatoms. The number of para-hydroxylation sites is 1. The molecule has 0 unspecified atom stereocenters. The summed E-state index contributed by atoms with van der Waals surface area (Å²) in [6.07, 6.45) is -3.59. The molecule has 0 atom stereocenters. The number of nitrogens with one attached hydrogen (secondary N) is 1. The summed E-state index contributed by atoms with van der Waals surface area (Å²) in [7, 11) is 0. The molecule has 2 N–H and O–H groups in total. The fourth-order valence-corrected chi connectivity index (χ4v) is 4.83. The third kappa shape index (κ3) is 7.83. The van der Waals surface area contributed by atoms with E-state index in [1.807, 2.05) is 6.07 Å². The molecule has 9 nitrogen and oxygen atoms in total. The third-order valence-electron chi connectivity index (χ3n) is 7.27. The predicted octanol–water partition coefficient (Wildman–Crippen LogP) is 4.67. The van der Waals surface area contributed by atoms with Gasteiger partial charge in [-0.05, 0) is 50.3 Å². The lowest BCUT2D eigenvalue weighted by atomic mass is 10.1. The number of carbonyl (C=O) groups is 3. The Morgan fingerprint density at radius 1 is 1.12 bits per heavy atom. The van der Waals surface area contributed by atoms with Gasteiger partial charge >= 0.3 is 12.3 Å². The summed E-state index contributed by atoms with van der Waals surface area (Å²) in [5.74, 6) is 0.338. The van der Waals surface area contributed by atoms with Crippen molar-refractivity contribution in [3.63, 3.8) is 0 Å². The van der Waals surface area contributed by atoms with Crippen molar-refractivity contribution < 1.29 is 37.4 Å². The van der Waals surface area contributed by atoms with Crippen molar-refractivity contribution in [2.24, 2.45) is 5.92 Å². The van der Waals surface area contributed by atoms with Gasteiger partial charge in [-0.25, -0.2) is 4.79 Å². The molecule has 222 valence electrons. The number of hydrogen-bond donors (Lipinski definition) is 2. The molecular formula is C29H35F3N4O5. The molecule has 1 saturated carbocycles. The fourth-order valence-electron chi connectivity index (χ4n) is 4.83. The molecule has 2 aromatic carbocycles. The van der Waals surface area contributed by atoms with Crippen molar-refractivity contribution in [3.8, 4) is 5.75 Å². The van der Waals surface area contributed by atoms with E-state index in [-0.39, 0.29) is 50.3 Å². The second-order valence-electron chi connectivity index (χ2n) is 10.7. The molecule has 0 aromatic heterocycles. The van der Waals surface area contributed by atoms with Crippen molar-refractivity contribution in [3.05, 3.63) is 59.2 Å². The van der Waals surface area contributed by atoms with Crippen LogP contribution in [-0.2, 0) is 28.9 Å². The van der Waals surface area contributed by atoms with E-state index in [1.54, 1.807) is 30.9 Å². The summed E-state index contributed by atoms with van der Waals surface area (Å²) in [5.41, 5.74) is 0.332. The van der Waals surface area contributed by atoms with Crippen molar-refractivity contribution in [1.29, 1.82) is 0 Å². The molecule has 0 spiro atoms.